The maximum atomic E-state index is 11.5. The average Bonchev–Trinajstić information content (AvgIpc) is 2.44. The Morgan fingerprint density at radius 2 is 1.54 bits per heavy atom. The van der Waals surface area contributed by atoms with Crippen molar-refractivity contribution < 1.29 is 8.42 Å². The summed E-state index contributed by atoms with van der Waals surface area (Å²) in [5, 5.41) is 0. The summed E-state index contributed by atoms with van der Waals surface area (Å²) in [7, 11) is -3.33. The lowest BCUT2D eigenvalue weighted by Crippen LogP contribution is -2.44. The van der Waals surface area contributed by atoms with Gasteiger partial charge in [0.05, 0.1) is 4.90 Å². The molecule has 0 atom stereocenters. The Balaban J connectivity index is 2.44. The molecule has 0 bridgehead atoms. The first-order chi connectivity index (χ1) is 10.8. The highest BCUT2D eigenvalue weighted by molar-refractivity contribution is 7.90. The molecule has 1 aliphatic heterocycles. The third-order valence-electron chi connectivity index (χ3n) is 2.91. The molecule has 0 amide bonds. The summed E-state index contributed by atoms with van der Waals surface area (Å²) in [5.74, 6) is -0.131. The van der Waals surface area contributed by atoms with Gasteiger partial charge in [-0.05, 0) is 24.3 Å². The van der Waals surface area contributed by atoms with Crippen molar-refractivity contribution in [2.75, 3.05) is 17.8 Å². The second-order valence-electron chi connectivity index (χ2n) is 4.75. The molecule has 0 fully saturated rings. The van der Waals surface area contributed by atoms with E-state index >= 15 is 0 Å². The van der Waals surface area contributed by atoms with E-state index in [1.807, 2.05) is 0 Å². The Morgan fingerprint density at radius 1 is 1.00 bits per heavy atom. The number of aliphatic imine (C=N–C) groups is 2. The van der Waals surface area contributed by atoms with Crippen LogP contribution >= 0.6 is 69.6 Å². The first kappa shape index (κ1) is 20.4. The van der Waals surface area contributed by atoms with Gasteiger partial charge in [0.2, 0.25) is 7.59 Å². The van der Waals surface area contributed by atoms with Crippen LogP contribution in [0.25, 0.3) is 0 Å². The molecule has 0 radical (unpaired) electrons. The molecule has 132 valence electrons. The molecular formula is C12H9Cl6N3O2S. The van der Waals surface area contributed by atoms with Crippen LogP contribution < -0.4 is 4.90 Å². The van der Waals surface area contributed by atoms with Crippen LogP contribution in [0.1, 0.15) is 0 Å². The molecule has 0 saturated carbocycles. The number of benzene rings is 1. The Hall–Kier alpha value is 0.0500. The zero-order chi connectivity index (χ0) is 18.3. The minimum absolute atomic E-state index is 0.0177. The maximum Gasteiger partial charge on any atom is 0.249 e. The van der Waals surface area contributed by atoms with E-state index in [-0.39, 0.29) is 23.2 Å². The van der Waals surface area contributed by atoms with E-state index in [0.29, 0.717) is 5.69 Å². The van der Waals surface area contributed by atoms with Gasteiger partial charge in [-0.1, -0.05) is 69.6 Å². The second-order valence-corrected chi connectivity index (χ2v) is 11.3. The molecular weight excluding hydrogens is 463 g/mol. The Morgan fingerprint density at radius 3 is 1.96 bits per heavy atom. The van der Waals surface area contributed by atoms with E-state index in [4.69, 9.17) is 69.6 Å². The molecule has 0 spiro atoms. The number of hydrogen-bond donors (Lipinski definition) is 0. The number of sulfone groups is 1. The Bertz CT molecular complexity index is 794. The lowest BCUT2D eigenvalue weighted by molar-refractivity contribution is 0.602. The van der Waals surface area contributed by atoms with E-state index in [1.54, 1.807) is 0 Å². The summed E-state index contributed by atoms with van der Waals surface area (Å²) in [4.78, 5) is 9.72. The molecule has 0 aliphatic carbocycles. The average molecular weight is 472 g/mol. The van der Waals surface area contributed by atoms with Gasteiger partial charge in [0.15, 0.2) is 21.5 Å². The number of rotatable bonds is 2. The van der Waals surface area contributed by atoms with E-state index in [9.17, 15) is 8.42 Å². The number of anilines is 1. The topological polar surface area (TPSA) is 62.1 Å². The van der Waals surface area contributed by atoms with Gasteiger partial charge in [-0.3, -0.25) is 0 Å². The van der Waals surface area contributed by atoms with Crippen LogP contribution in [0.15, 0.2) is 39.1 Å². The quantitative estimate of drug-likeness (QED) is 0.600. The molecule has 1 heterocycles. The van der Waals surface area contributed by atoms with Crippen molar-refractivity contribution in [3.63, 3.8) is 0 Å². The van der Waals surface area contributed by atoms with Crippen LogP contribution in [0.5, 0.6) is 0 Å². The lowest BCUT2D eigenvalue weighted by Gasteiger charge is -2.32. The van der Waals surface area contributed by atoms with Crippen molar-refractivity contribution in [1.29, 1.82) is 0 Å². The number of nitrogens with zero attached hydrogens (tertiary/aromatic N) is 3. The van der Waals surface area contributed by atoms with Gasteiger partial charge in [0, 0.05) is 11.9 Å². The summed E-state index contributed by atoms with van der Waals surface area (Å²) < 4.78 is 19.3. The standard InChI is InChI=1S/C12H9Cl6N3O2S/c1-24(22,23)8-4-2-7(3-5-8)21-6-19-9(11(13,14)15)20-10(21)12(16,17)18/h2-5H,6H2,1H3. The summed E-state index contributed by atoms with van der Waals surface area (Å²) in [6.07, 6.45) is 1.11. The highest BCUT2D eigenvalue weighted by Crippen LogP contribution is 2.37. The summed E-state index contributed by atoms with van der Waals surface area (Å²) in [5.41, 5.74) is 0.514. The van der Waals surface area contributed by atoms with Crippen molar-refractivity contribution in [3.05, 3.63) is 24.3 Å². The molecule has 5 nitrogen and oxygen atoms in total. The molecule has 12 heteroatoms. The maximum absolute atomic E-state index is 11.5. The molecule has 1 aliphatic rings. The third kappa shape index (κ3) is 4.81. The zero-order valence-electron chi connectivity index (χ0n) is 11.9. The van der Waals surface area contributed by atoms with E-state index in [2.05, 4.69) is 9.98 Å². The fourth-order valence-electron chi connectivity index (χ4n) is 1.85. The van der Waals surface area contributed by atoms with Crippen LogP contribution in [-0.4, -0.2) is 40.6 Å². The third-order valence-corrected chi connectivity index (χ3v) is 5.06. The van der Waals surface area contributed by atoms with Gasteiger partial charge in [-0.25, -0.2) is 18.4 Å². The SMILES string of the molecule is CS(=O)(=O)c1ccc(N2CN=C(C(Cl)(Cl)Cl)N=C2C(Cl)(Cl)Cl)cc1. The minimum Gasteiger partial charge on any atom is -0.306 e. The molecule has 0 N–H and O–H groups in total. The van der Waals surface area contributed by atoms with E-state index in [1.165, 1.54) is 29.2 Å². The number of amidine groups is 2. The van der Waals surface area contributed by atoms with Crippen LogP contribution in [0.4, 0.5) is 5.69 Å². The largest absolute Gasteiger partial charge is 0.306 e. The van der Waals surface area contributed by atoms with Crippen molar-refractivity contribution in [2.24, 2.45) is 9.98 Å². The fraction of sp³-hybridized carbons (Fsp3) is 0.333. The first-order valence-corrected chi connectivity index (χ1v) is 10.3. The predicted molar refractivity (Wildman–Crippen MR) is 102 cm³/mol. The fourth-order valence-corrected chi connectivity index (χ4v) is 3.22. The Kier molecular flexibility index (Phi) is 5.93. The summed E-state index contributed by atoms with van der Waals surface area (Å²) in [6, 6.07) is 5.93. The van der Waals surface area contributed by atoms with Gasteiger partial charge >= 0.3 is 0 Å². The van der Waals surface area contributed by atoms with Gasteiger partial charge in [0.25, 0.3) is 0 Å². The van der Waals surface area contributed by atoms with Crippen LogP contribution in [-0.2, 0) is 9.84 Å². The van der Waals surface area contributed by atoms with Crippen LogP contribution in [0, 0.1) is 0 Å². The minimum atomic E-state index is -3.33. The summed E-state index contributed by atoms with van der Waals surface area (Å²) in [6.45, 7) is -0.0196. The van der Waals surface area contributed by atoms with Crippen molar-refractivity contribution in [1.82, 2.24) is 0 Å². The van der Waals surface area contributed by atoms with Crippen molar-refractivity contribution in [3.8, 4) is 0 Å². The van der Waals surface area contributed by atoms with Crippen molar-refractivity contribution >= 4 is 96.8 Å². The molecule has 24 heavy (non-hydrogen) atoms. The Labute approximate surface area is 169 Å². The van der Waals surface area contributed by atoms with E-state index in [0.717, 1.165) is 6.26 Å². The van der Waals surface area contributed by atoms with Crippen LogP contribution in [0.3, 0.4) is 0 Å². The number of hydrogen-bond acceptors (Lipinski definition) is 5. The smallest absolute Gasteiger partial charge is 0.249 e. The normalized spacial score (nSPS) is 16.7. The highest BCUT2D eigenvalue weighted by Gasteiger charge is 2.39. The van der Waals surface area contributed by atoms with Crippen LogP contribution in [0.2, 0.25) is 0 Å². The zero-order valence-corrected chi connectivity index (χ0v) is 17.2. The summed E-state index contributed by atoms with van der Waals surface area (Å²) >= 11 is 35.2. The second kappa shape index (κ2) is 6.99. The highest BCUT2D eigenvalue weighted by atomic mass is 35.6. The molecule has 1 aromatic rings. The number of halogens is 6. The van der Waals surface area contributed by atoms with E-state index < -0.39 is 17.4 Å². The molecule has 1 aromatic carbocycles. The molecule has 0 aromatic heterocycles. The monoisotopic (exact) mass is 469 g/mol. The van der Waals surface area contributed by atoms with Crippen molar-refractivity contribution in [2.45, 2.75) is 12.5 Å². The van der Waals surface area contributed by atoms with Gasteiger partial charge < -0.3 is 4.90 Å². The molecule has 2 rings (SSSR count). The molecule has 0 unspecified atom stereocenters. The van der Waals surface area contributed by atoms with Gasteiger partial charge in [0.1, 0.15) is 6.67 Å². The predicted octanol–water partition coefficient (Wildman–Crippen LogP) is 4.41. The van der Waals surface area contributed by atoms with Gasteiger partial charge in [-0.15, -0.1) is 0 Å². The first-order valence-electron chi connectivity index (χ1n) is 6.15. The number of alkyl halides is 6. The van der Waals surface area contributed by atoms with Gasteiger partial charge in [-0.2, -0.15) is 0 Å². The molecule has 0 saturated heterocycles. The lowest BCUT2D eigenvalue weighted by atomic mass is 10.3.